The van der Waals surface area contributed by atoms with E-state index in [1.165, 1.54) is 0 Å². The largest absolute Gasteiger partial charge is 0.357 e. The van der Waals surface area contributed by atoms with Crippen LogP contribution in [0.25, 0.3) is 0 Å². The minimum Gasteiger partial charge on any atom is -0.357 e. The topological polar surface area (TPSA) is 27.6 Å². The molecular formula is C28H35N3. The molecule has 162 valence electrons. The van der Waals surface area contributed by atoms with Crippen LogP contribution >= 0.6 is 0 Å². The van der Waals surface area contributed by atoms with E-state index in [4.69, 9.17) is 8.22 Å². The maximum Gasteiger partial charge on any atom is 0.0692 e. The van der Waals surface area contributed by atoms with Crippen LogP contribution in [0.15, 0.2) is 64.6 Å². The molecule has 0 saturated heterocycles. The van der Waals surface area contributed by atoms with Gasteiger partial charge in [-0.3, -0.25) is 4.99 Å². The molecule has 3 rings (SSSR count). The van der Waals surface area contributed by atoms with E-state index >= 15 is 0 Å². The second kappa shape index (κ2) is 8.97. The Hall–Kier alpha value is -3.07. The van der Waals surface area contributed by atoms with Gasteiger partial charge in [-0.1, -0.05) is 41.5 Å². The molecule has 0 saturated carbocycles. The molecular weight excluding hydrogens is 378 g/mol. The Balaban J connectivity index is 2.19. The first-order chi connectivity index (χ1) is 17.0. The zero-order valence-corrected chi connectivity index (χ0v) is 19.4. The molecule has 3 heteroatoms. The summed E-state index contributed by atoms with van der Waals surface area (Å²) >= 11 is 0. The van der Waals surface area contributed by atoms with Crippen LogP contribution in [0.2, 0.25) is 0 Å². The Morgan fingerprint density at radius 2 is 1.45 bits per heavy atom. The lowest BCUT2D eigenvalue weighted by atomic mass is 10.0. The molecule has 0 amide bonds. The average Bonchev–Trinajstić information content (AvgIpc) is 2.72. The highest BCUT2D eigenvalue weighted by molar-refractivity contribution is 6.00. The van der Waals surface area contributed by atoms with Crippen LogP contribution in [0.4, 0.5) is 11.4 Å². The van der Waals surface area contributed by atoms with E-state index < -0.39 is 13.7 Å². The number of hydrogen-bond acceptors (Lipinski definition) is 3. The van der Waals surface area contributed by atoms with E-state index in [0.717, 1.165) is 39.1 Å². The first-order valence-electron chi connectivity index (χ1n) is 13.4. The number of allylic oxidation sites excluding steroid dienone is 5. The van der Waals surface area contributed by atoms with Crippen molar-refractivity contribution in [1.82, 2.24) is 4.90 Å². The fourth-order valence-corrected chi connectivity index (χ4v) is 4.16. The van der Waals surface area contributed by atoms with Crippen molar-refractivity contribution in [1.29, 1.82) is 0 Å². The second-order valence-electron chi connectivity index (χ2n) is 8.34. The second-order valence-corrected chi connectivity index (χ2v) is 8.34. The van der Waals surface area contributed by atoms with Gasteiger partial charge in [-0.15, -0.1) is 0 Å². The summed E-state index contributed by atoms with van der Waals surface area (Å²) in [4.78, 5) is 6.24. The van der Waals surface area contributed by atoms with Crippen molar-refractivity contribution in [3.8, 4) is 0 Å². The summed E-state index contributed by atoms with van der Waals surface area (Å²) in [5.41, 5.74) is 7.66. The summed E-state index contributed by atoms with van der Waals surface area (Å²) < 4.78 is 49.7. The van der Waals surface area contributed by atoms with Gasteiger partial charge in [0, 0.05) is 26.7 Å². The lowest BCUT2D eigenvalue weighted by Crippen LogP contribution is -2.25. The van der Waals surface area contributed by atoms with Gasteiger partial charge in [0.2, 0.25) is 0 Å². The standard InChI is InChI=1S/C28H35N3/c1-17-13-19(3)27(20(4)14-17)29-23(7)25-11-10-12-26(31(25)9)24(8)30-28-21(5)15-18(2)16-22(28)6/h10-16,29H,1-9H3/b25-23+,30-24?/i7D3,8D3. The fraction of sp³-hybridized carbons (Fsp3) is 0.321. The van der Waals surface area contributed by atoms with Crippen molar-refractivity contribution in [2.75, 3.05) is 12.4 Å². The zero-order valence-electron chi connectivity index (χ0n) is 25.4. The minimum atomic E-state index is -2.53. The maximum absolute atomic E-state index is 8.29. The van der Waals surface area contributed by atoms with Gasteiger partial charge in [-0.25, -0.2) is 0 Å². The van der Waals surface area contributed by atoms with Gasteiger partial charge in [0.15, 0.2) is 0 Å². The van der Waals surface area contributed by atoms with Crippen molar-refractivity contribution in [3.05, 3.63) is 93.0 Å². The Kier molecular flexibility index (Phi) is 4.54. The van der Waals surface area contributed by atoms with Crippen LogP contribution in [0.1, 0.15) is 55.3 Å². The molecule has 0 unspecified atom stereocenters. The molecule has 2 aromatic carbocycles. The normalized spacial score (nSPS) is 19.5. The third-order valence-electron chi connectivity index (χ3n) is 5.52. The summed E-state index contributed by atoms with van der Waals surface area (Å²) in [5.74, 6) is 0. The number of benzene rings is 2. The number of nitrogens with zero attached hydrogens (tertiary/aromatic N) is 2. The number of likely N-dealkylation sites (N-methyl/N-ethyl adjacent to an activating group) is 1. The molecule has 3 nitrogen and oxygen atoms in total. The molecule has 2 aromatic rings. The smallest absolute Gasteiger partial charge is 0.0692 e. The maximum atomic E-state index is 8.29. The van der Waals surface area contributed by atoms with Gasteiger partial charge in [-0.2, -0.15) is 0 Å². The number of anilines is 1. The van der Waals surface area contributed by atoms with Crippen molar-refractivity contribution < 1.29 is 8.22 Å². The molecule has 0 bridgehead atoms. The van der Waals surface area contributed by atoms with Gasteiger partial charge in [0.25, 0.3) is 0 Å². The average molecular weight is 420 g/mol. The number of rotatable bonds is 4. The summed E-state index contributed by atoms with van der Waals surface area (Å²) in [6.45, 7) is 6.64. The van der Waals surface area contributed by atoms with Gasteiger partial charge in [0.1, 0.15) is 0 Å². The van der Waals surface area contributed by atoms with Crippen molar-refractivity contribution in [3.63, 3.8) is 0 Å². The van der Waals surface area contributed by atoms with E-state index in [-0.39, 0.29) is 11.4 Å². The van der Waals surface area contributed by atoms with E-state index in [0.29, 0.717) is 17.1 Å². The predicted octanol–water partition coefficient (Wildman–Crippen LogP) is 7.36. The molecule has 1 N–H and O–H groups in total. The van der Waals surface area contributed by atoms with Crippen LogP contribution in [0, 0.1) is 41.5 Å². The Morgan fingerprint density at radius 3 is 2.00 bits per heavy atom. The molecule has 0 aliphatic carbocycles. The van der Waals surface area contributed by atoms with E-state index in [2.05, 4.69) is 10.3 Å². The van der Waals surface area contributed by atoms with Crippen LogP contribution in [-0.2, 0) is 0 Å². The van der Waals surface area contributed by atoms with Crippen LogP contribution < -0.4 is 5.32 Å². The van der Waals surface area contributed by atoms with Crippen LogP contribution in [0.5, 0.6) is 0 Å². The van der Waals surface area contributed by atoms with Crippen molar-refractivity contribution in [2.24, 2.45) is 4.99 Å². The minimum absolute atomic E-state index is 0.0134. The molecule has 0 atom stereocenters. The monoisotopic (exact) mass is 419 g/mol. The highest BCUT2D eigenvalue weighted by Gasteiger charge is 2.17. The van der Waals surface area contributed by atoms with Crippen molar-refractivity contribution in [2.45, 2.75) is 55.2 Å². The molecule has 0 spiro atoms. The summed E-state index contributed by atoms with van der Waals surface area (Å²) in [6.07, 6.45) is 5.01. The van der Waals surface area contributed by atoms with E-state index in [1.807, 2.05) is 65.8 Å². The van der Waals surface area contributed by atoms with Gasteiger partial charge >= 0.3 is 0 Å². The highest BCUT2D eigenvalue weighted by atomic mass is 15.1. The number of hydrogen-bond donors (Lipinski definition) is 1. The number of aliphatic imine (C=N–C) groups is 1. The van der Waals surface area contributed by atoms with E-state index in [9.17, 15) is 0 Å². The molecule has 1 heterocycles. The van der Waals surface area contributed by atoms with Gasteiger partial charge < -0.3 is 10.2 Å². The number of nitrogens with one attached hydrogen (secondary N) is 1. The Bertz CT molecular complexity index is 1290. The predicted molar refractivity (Wildman–Crippen MR) is 135 cm³/mol. The zero-order chi connectivity index (χ0) is 27.9. The quantitative estimate of drug-likeness (QED) is 0.524. The summed E-state index contributed by atoms with van der Waals surface area (Å²) in [5, 5.41) is 3.17. The Labute approximate surface area is 196 Å². The van der Waals surface area contributed by atoms with Gasteiger partial charge in [0.05, 0.1) is 22.8 Å². The first-order valence-corrected chi connectivity index (χ1v) is 10.4. The van der Waals surface area contributed by atoms with Crippen LogP contribution in [-0.4, -0.2) is 17.7 Å². The number of aryl methyl sites for hydroxylation is 6. The van der Waals surface area contributed by atoms with Crippen molar-refractivity contribution >= 4 is 17.1 Å². The van der Waals surface area contributed by atoms with Gasteiger partial charge in [-0.05, 0) is 89.7 Å². The molecule has 1 aliphatic heterocycles. The highest BCUT2D eigenvalue weighted by Crippen LogP contribution is 2.29. The molecule has 0 aromatic heterocycles. The first kappa shape index (κ1) is 15.7. The van der Waals surface area contributed by atoms with E-state index in [1.54, 1.807) is 30.2 Å². The molecule has 0 radical (unpaired) electrons. The fourth-order valence-electron chi connectivity index (χ4n) is 4.16. The van der Waals surface area contributed by atoms with Crippen LogP contribution in [0.3, 0.4) is 0 Å². The third kappa shape index (κ3) is 4.82. The molecule has 1 aliphatic rings. The summed E-state index contributed by atoms with van der Waals surface area (Å²) in [6, 6.07) is 7.93. The molecule has 31 heavy (non-hydrogen) atoms. The lowest BCUT2D eigenvalue weighted by molar-refractivity contribution is 0.551. The lowest BCUT2D eigenvalue weighted by Gasteiger charge is -2.29. The Morgan fingerprint density at radius 1 is 0.871 bits per heavy atom. The SMILES string of the molecule is [2H]C([2H])([2H])C(=Nc1c(C)cc(C)cc1C)C1=CC=C/C(=C(\Nc2c(C)cc(C)cc2C)C([2H])([2H])[2H])N1C. The summed E-state index contributed by atoms with van der Waals surface area (Å²) in [7, 11) is 1.67. The third-order valence-corrected chi connectivity index (χ3v) is 5.52. The molecule has 0 fully saturated rings.